The van der Waals surface area contributed by atoms with Crippen LogP contribution in [0.25, 0.3) is 0 Å². The number of rotatable bonds is 5. The van der Waals surface area contributed by atoms with Crippen LogP contribution in [0.2, 0.25) is 5.02 Å². The molecule has 0 aliphatic heterocycles. The Hall–Kier alpha value is -3.12. The molecule has 3 rings (SSSR count). The number of amides is 1. The fourth-order valence-electron chi connectivity index (χ4n) is 2.61. The van der Waals surface area contributed by atoms with Gasteiger partial charge in [0.2, 0.25) is 5.95 Å². The van der Waals surface area contributed by atoms with Gasteiger partial charge in [-0.2, -0.15) is 0 Å². The molecule has 0 radical (unpaired) electrons. The Morgan fingerprint density at radius 3 is 2.52 bits per heavy atom. The highest BCUT2D eigenvalue weighted by Crippen LogP contribution is 2.28. The highest BCUT2D eigenvalue weighted by molar-refractivity contribution is 6.32. The minimum Gasteiger partial charge on any atom is -0.495 e. The lowest BCUT2D eigenvalue weighted by Gasteiger charge is -2.12. The summed E-state index contributed by atoms with van der Waals surface area (Å²) in [5, 5.41) is 6.42. The molecule has 2 N–H and O–H groups in total. The van der Waals surface area contributed by atoms with Crippen molar-refractivity contribution in [1.29, 1.82) is 0 Å². The topological polar surface area (TPSA) is 76.1 Å². The molecule has 1 amide bonds. The molecule has 2 aromatic carbocycles. The molecule has 3 aromatic rings. The maximum absolute atomic E-state index is 12.6. The second kappa shape index (κ2) is 8.05. The van der Waals surface area contributed by atoms with E-state index < -0.39 is 0 Å². The number of halogens is 1. The monoisotopic (exact) mass is 382 g/mol. The lowest BCUT2D eigenvalue weighted by Crippen LogP contribution is -2.16. The lowest BCUT2D eigenvalue weighted by atomic mass is 10.1. The van der Waals surface area contributed by atoms with E-state index in [1.807, 2.05) is 32.0 Å². The van der Waals surface area contributed by atoms with Gasteiger partial charge in [-0.15, -0.1) is 0 Å². The number of carbonyl (C=O) groups is 1. The van der Waals surface area contributed by atoms with Crippen molar-refractivity contribution in [1.82, 2.24) is 9.97 Å². The molecule has 0 aliphatic carbocycles. The summed E-state index contributed by atoms with van der Waals surface area (Å²) in [6.07, 6.45) is 1.53. The van der Waals surface area contributed by atoms with Crippen LogP contribution in [0.1, 0.15) is 21.6 Å². The molecule has 0 spiro atoms. The van der Waals surface area contributed by atoms with Gasteiger partial charge in [-0.3, -0.25) is 4.79 Å². The van der Waals surface area contributed by atoms with Crippen LogP contribution in [0.3, 0.4) is 0 Å². The van der Waals surface area contributed by atoms with Crippen molar-refractivity contribution in [3.63, 3.8) is 0 Å². The van der Waals surface area contributed by atoms with Crippen LogP contribution in [0, 0.1) is 13.8 Å². The zero-order valence-electron chi connectivity index (χ0n) is 15.2. The summed E-state index contributed by atoms with van der Waals surface area (Å²) in [5.41, 5.74) is 3.72. The third-order valence-corrected chi connectivity index (χ3v) is 4.31. The van der Waals surface area contributed by atoms with E-state index in [-0.39, 0.29) is 11.6 Å². The minimum atomic E-state index is -0.300. The Kier molecular flexibility index (Phi) is 5.57. The first-order valence-corrected chi connectivity index (χ1v) is 8.67. The number of benzene rings is 2. The average molecular weight is 383 g/mol. The van der Waals surface area contributed by atoms with Gasteiger partial charge in [0.15, 0.2) is 0 Å². The highest BCUT2D eigenvalue weighted by Gasteiger charge is 2.12. The summed E-state index contributed by atoms with van der Waals surface area (Å²) in [4.78, 5) is 21.0. The van der Waals surface area contributed by atoms with E-state index in [0.29, 0.717) is 22.4 Å². The van der Waals surface area contributed by atoms with Crippen molar-refractivity contribution in [2.24, 2.45) is 0 Å². The van der Waals surface area contributed by atoms with Gasteiger partial charge in [0, 0.05) is 17.6 Å². The van der Waals surface area contributed by atoms with E-state index in [1.54, 1.807) is 31.4 Å². The maximum atomic E-state index is 12.6. The highest BCUT2D eigenvalue weighted by atomic mass is 35.5. The first kappa shape index (κ1) is 18.7. The molecular weight excluding hydrogens is 364 g/mol. The number of para-hydroxylation sites is 1. The number of nitrogens with one attached hydrogen (secondary N) is 2. The van der Waals surface area contributed by atoms with Crippen LogP contribution < -0.4 is 15.4 Å². The number of methoxy groups -OCH3 is 1. The molecule has 1 heterocycles. The number of hydrogen-bond donors (Lipinski definition) is 2. The van der Waals surface area contributed by atoms with Gasteiger partial charge in [0.1, 0.15) is 11.4 Å². The Morgan fingerprint density at radius 1 is 1.11 bits per heavy atom. The van der Waals surface area contributed by atoms with Gasteiger partial charge in [-0.25, -0.2) is 9.97 Å². The van der Waals surface area contributed by atoms with Crippen LogP contribution in [-0.2, 0) is 0 Å². The second-order valence-corrected chi connectivity index (χ2v) is 6.37. The molecule has 0 fully saturated rings. The number of carbonyl (C=O) groups excluding carboxylic acids is 1. The molecule has 0 saturated carbocycles. The SMILES string of the molecule is COc1ccc(Nc2nccc(C(=O)Nc3c(C)cccc3C)n2)cc1Cl. The number of ether oxygens (including phenoxy) is 1. The van der Waals surface area contributed by atoms with Gasteiger partial charge in [-0.1, -0.05) is 29.8 Å². The van der Waals surface area contributed by atoms with Crippen LogP contribution in [-0.4, -0.2) is 23.0 Å². The van der Waals surface area contributed by atoms with Crippen molar-refractivity contribution in [2.45, 2.75) is 13.8 Å². The van der Waals surface area contributed by atoms with Gasteiger partial charge in [0.05, 0.1) is 12.1 Å². The minimum absolute atomic E-state index is 0.259. The van der Waals surface area contributed by atoms with Crippen LogP contribution in [0.15, 0.2) is 48.7 Å². The summed E-state index contributed by atoms with van der Waals surface area (Å²) in [6, 6.07) is 12.6. The fraction of sp³-hybridized carbons (Fsp3) is 0.150. The van der Waals surface area contributed by atoms with Crippen molar-refractivity contribution >= 4 is 34.8 Å². The molecule has 1 aromatic heterocycles. The van der Waals surface area contributed by atoms with Crippen molar-refractivity contribution in [3.8, 4) is 5.75 Å². The molecule has 0 atom stereocenters. The summed E-state index contributed by atoms with van der Waals surface area (Å²) in [7, 11) is 1.55. The smallest absolute Gasteiger partial charge is 0.274 e. The standard InChI is InChI=1S/C20H19ClN4O2/c1-12-5-4-6-13(2)18(12)25-19(26)16-9-10-22-20(24-16)23-14-7-8-17(27-3)15(21)11-14/h4-11H,1-3H3,(H,25,26)(H,22,23,24). The number of hydrogen-bond acceptors (Lipinski definition) is 5. The normalized spacial score (nSPS) is 10.4. The second-order valence-electron chi connectivity index (χ2n) is 5.96. The van der Waals surface area contributed by atoms with E-state index in [1.165, 1.54) is 6.20 Å². The predicted molar refractivity (Wildman–Crippen MR) is 107 cm³/mol. The summed E-state index contributed by atoms with van der Waals surface area (Å²) >= 11 is 6.13. The number of aryl methyl sites for hydroxylation is 2. The van der Waals surface area contributed by atoms with Gasteiger partial charge in [0.25, 0.3) is 5.91 Å². The summed E-state index contributed by atoms with van der Waals surface area (Å²) in [6.45, 7) is 3.89. The Morgan fingerprint density at radius 2 is 1.85 bits per heavy atom. The molecule has 0 aliphatic rings. The Balaban J connectivity index is 1.79. The zero-order chi connectivity index (χ0) is 19.4. The predicted octanol–water partition coefficient (Wildman–Crippen LogP) is 4.75. The van der Waals surface area contributed by atoms with E-state index in [9.17, 15) is 4.79 Å². The largest absolute Gasteiger partial charge is 0.495 e. The molecule has 138 valence electrons. The summed E-state index contributed by atoms with van der Waals surface area (Å²) in [5.74, 6) is 0.570. The lowest BCUT2D eigenvalue weighted by molar-refractivity contribution is 0.102. The molecule has 6 nitrogen and oxygen atoms in total. The zero-order valence-corrected chi connectivity index (χ0v) is 16.0. The Bertz CT molecular complexity index is 971. The Labute approximate surface area is 162 Å². The van der Waals surface area contributed by atoms with E-state index in [2.05, 4.69) is 20.6 Å². The van der Waals surface area contributed by atoms with Crippen LogP contribution in [0.5, 0.6) is 5.75 Å². The van der Waals surface area contributed by atoms with E-state index >= 15 is 0 Å². The van der Waals surface area contributed by atoms with E-state index in [4.69, 9.17) is 16.3 Å². The third-order valence-electron chi connectivity index (χ3n) is 4.02. The molecule has 27 heavy (non-hydrogen) atoms. The van der Waals surface area contributed by atoms with Gasteiger partial charge in [-0.05, 0) is 49.2 Å². The molecule has 0 bridgehead atoms. The van der Waals surface area contributed by atoms with Crippen molar-refractivity contribution in [3.05, 3.63) is 70.5 Å². The number of nitrogens with zero attached hydrogens (tertiary/aromatic N) is 2. The van der Waals surface area contributed by atoms with Gasteiger partial charge >= 0.3 is 0 Å². The number of aromatic nitrogens is 2. The molecule has 0 saturated heterocycles. The maximum Gasteiger partial charge on any atom is 0.274 e. The average Bonchev–Trinajstić information content (AvgIpc) is 2.65. The molecule has 7 heteroatoms. The van der Waals surface area contributed by atoms with Crippen molar-refractivity contribution in [2.75, 3.05) is 17.7 Å². The first-order chi connectivity index (χ1) is 13.0. The van der Waals surface area contributed by atoms with E-state index in [0.717, 1.165) is 16.8 Å². The fourth-order valence-corrected chi connectivity index (χ4v) is 2.87. The van der Waals surface area contributed by atoms with Crippen LogP contribution >= 0.6 is 11.6 Å². The first-order valence-electron chi connectivity index (χ1n) is 8.29. The quantitative estimate of drug-likeness (QED) is 0.665. The third kappa shape index (κ3) is 4.35. The van der Waals surface area contributed by atoms with Crippen LogP contribution in [0.4, 0.5) is 17.3 Å². The summed E-state index contributed by atoms with van der Waals surface area (Å²) < 4.78 is 5.13. The van der Waals surface area contributed by atoms with Gasteiger partial charge < -0.3 is 15.4 Å². The molecular formula is C20H19ClN4O2. The number of anilines is 3. The molecule has 0 unspecified atom stereocenters. The van der Waals surface area contributed by atoms with Crippen molar-refractivity contribution < 1.29 is 9.53 Å².